The van der Waals surface area contributed by atoms with Crippen molar-refractivity contribution in [1.82, 2.24) is 4.90 Å². The Morgan fingerprint density at radius 3 is 2.27 bits per heavy atom. The molecule has 1 aliphatic heterocycles. The monoisotopic (exact) mass is 354 g/mol. The van der Waals surface area contributed by atoms with E-state index in [2.05, 4.69) is 4.90 Å². The van der Waals surface area contributed by atoms with Crippen LogP contribution in [0.5, 0.6) is 5.75 Å². The van der Waals surface area contributed by atoms with E-state index < -0.39 is 5.97 Å². The van der Waals surface area contributed by atoms with Gasteiger partial charge in [-0.25, -0.2) is 0 Å². The fourth-order valence-corrected chi connectivity index (χ4v) is 3.00. The number of carboxylic acids is 1. The maximum atomic E-state index is 12.5. The quantitative estimate of drug-likeness (QED) is 0.863. The van der Waals surface area contributed by atoms with E-state index in [-0.39, 0.29) is 18.9 Å². The number of carbonyl (C=O) groups excluding carboxylic acids is 1. The highest BCUT2D eigenvalue weighted by Crippen LogP contribution is 2.29. The summed E-state index contributed by atoms with van der Waals surface area (Å²) in [6, 6.07) is 16.9. The SMILES string of the molecule is O=C(O)CCOc1ccccc1N1CCN(C(=O)c2ccccc2)CC1. The van der Waals surface area contributed by atoms with Crippen molar-refractivity contribution in [2.45, 2.75) is 6.42 Å². The van der Waals surface area contributed by atoms with Crippen molar-refractivity contribution >= 4 is 17.6 Å². The molecule has 1 fully saturated rings. The molecule has 3 rings (SSSR count). The molecule has 136 valence electrons. The standard InChI is InChI=1S/C20H22N2O4/c23-19(24)10-15-26-18-9-5-4-8-17(18)21-11-13-22(14-12-21)20(25)16-6-2-1-3-7-16/h1-9H,10-15H2,(H,23,24). The number of ether oxygens (including phenoxy) is 1. The molecule has 1 amide bonds. The van der Waals surface area contributed by atoms with E-state index in [1.807, 2.05) is 59.5 Å². The number of rotatable bonds is 6. The van der Waals surface area contributed by atoms with Gasteiger partial charge < -0.3 is 19.6 Å². The second-order valence-corrected chi connectivity index (χ2v) is 6.11. The number of anilines is 1. The Labute approximate surface area is 152 Å². The molecule has 0 atom stereocenters. The molecular weight excluding hydrogens is 332 g/mol. The van der Waals surface area contributed by atoms with Crippen molar-refractivity contribution in [2.75, 3.05) is 37.7 Å². The van der Waals surface area contributed by atoms with E-state index in [9.17, 15) is 9.59 Å². The zero-order chi connectivity index (χ0) is 18.4. The first-order valence-corrected chi connectivity index (χ1v) is 8.68. The van der Waals surface area contributed by atoms with Crippen LogP contribution in [-0.4, -0.2) is 54.7 Å². The Balaban J connectivity index is 1.61. The molecule has 2 aromatic rings. The molecule has 1 heterocycles. The number of piperazine rings is 1. The number of hydrogen-bond acceptors (Lipinski definition) is 4. The van der Waals surface area contributed by atoms with Crippen molar-refractivity contribution in [3.05, 3.63) is 60.2 Å². The smallest absolute Gasteiger partial charge is 0.306 e. The number of aliphatic carboxylic acids is 1. The van der Waals surface area contributed by atoms with Crippen molar-refractivity contribution in [3.8, 4) is 5.75 Å². The first-order chi connectivity index (χ1) is 12.6. The second-order valence-electron chi connectivity index (χ2n) is 6.11. The number of amides is 1. The van der Waals surface area contributed by atoms with Gasteiger partial charge in [-0.3, -0.25) is 9.59 Å². The van der Waals surface area contributed by atoms with E-state index in [1.54, 1.807) is 0 Å². The van der Waals surface area contributed by atoms with Crippen molar-refractivity contribution < 1.29 is 19.4 Å². The topological polar surface area (TPSA) is 70.1 Å². The molecule has 0 bridgehead atoms. The average Bonchev–Trinajstić information content (AvgIpc) is 2.68. The summed E-state index contributed by atoms with van der Waals surface area (Å²) >= 11 is 0. The van der Waals surface area contributed by atoms with Crippen LogP contribution in [0.15, 0.2) is 54.6 Å². The largest absolute Gasteiger partial charge is 0.491 e. The highest BCUT2D eigenvalue weighted by molar-refractivity contribution is 5.94. The van der Waals surface area contributed by atoms with Gasteiger partial charge in [0.25, 0.3) is 5.91 Å². The summed E-state index contributed by atoms with van der Waals surface area (Å²) in [6.45, 7) is 2.82. The third kappa shape index (κ3) is 4.33. The molecule has 26 heavy (non-hydrogen) atoms. The summed E-state index contributed by atoms with van der Waals surface area (Å²) < 4.78 is 5.64. The van der Waals surface area contributed by atoms with E-state index in [0.29, 0.717) is 37.5 Å². The van der Waals surface area contributed by atoms with Gasteiger partial charge in [0.2, 0.25) is 0 Å². The van der Waals surface area contributed by atoms with Crippen molar-refractivity contribution in [3.63, 3.8) is 0 Å². The third-order valence-corrected chi connectivity index (χ3v) is 4.37. The Bertz CT molecular complexity index is 755. The van der Waals surface area contributed by atoms with Crippen LogP contribution in [-0.2, 0) is 4.79 Å². The minimum absolute atomic E-state index is 0.0340. The predicted molar refractivity (Wildman–Crippen MR) is 98.7 cm³/mol. The number of para-hydroxylation sites is 2. The third-order valence-electron chi connectivity index (χ3n) is 4.37. The minimum Gasteiger partial charge on any atom is -0.491 e. The molecule has 1 N–H and O–H groups in total. The summed E-state index contributed by atoms with van der Waals surface area (Å²) in [5, 5.41) is 8.76. The van der Waals surface area contributed by atoms with E-state index in [1.165, 1.54) is 0 Å². The lowest BCUT2D eigenvalue weighted by Crippen LogP contribution is -2.48. The minimum atomic E-state index is -0.879. The van der Waals surface area contributed by atoms with Gasteiger partial charge in [0.1, 0.15) is 5.75 Å². The van der Waals surface area contributed by atoms with Crippen LogP contribution in [0.1, 0.15) is 16.8 Å². The highest BCUT2D eigenvalue weighted by atomic mass is 16.5. The number of nitrogens with zero attached hydrogens (tertiary/aromatic N) is 2. The molecule has 0 aliphatic carbocycles. The van der Waals surface area contributed by atoms with Gasteiger partial charge in [-0.1, -0.05) is 30.3 Å². The van der Waals surface area contributed by atoms with Crippen molar-refractivity contribution in [1.29, 1.82) is 0 Å². The molecule has 1 aliphatic rings. The second kappa shape index (κ2) is 8.38. The molecule has 0 spiro atoms. The molecule has 0 radical (unpaired) electrons. The van der Waals surface area contributed by atoms with Gasteiger partial charge in [0.05, 0.1) is 18.7 Å². The average molecular weight is 354 g/mol. The van der Waals surface area contributed by atoms with Crippen LogP contribution < -0.4 is 9.64 Å². The Kier molecular flexibility index (Phi) is 5.73. The Hall–Kier alpha value is -3.02. The number of benzene rings is 2. The van der Waals surface area contributed by atoms with Crippen LogP contribution in [0.2, 0.25) is 0 Å². The number of hydrogen-bond donors (Lipinski definition) is 1. The van der Waals surface area contributed by atoms with E-state index >= 15 is 0 Å². The summed E-state index contributed by atoms with van der Waals surface area (Å²) in [7, 11) is 0. The van der Waals surface area contributed by atoms with Crippen LogP contribution in [0, 0.1) is 0 Å². The van der Waals surface area contributed by atoms with Crippen LogP contribution >= 0.6 is 0 Å². The summed E-state index contributed by atoms with van der Waals surface area (Å²) in [4.78, 5) is 27.2. The normalized spacial score (nSPS) is 14.2. The van der Waals surface area contributed by atoms with Gasteiger partial charge in [0, 0.05) is 31.7 Å². The summed E-state index contributed by atoms with van der Waals surface area (Å²) in [5.41, 5.74) is 1.64. The van der Waals surface area contributed by atoms with Crippen LogP contribution in [0.25, 0.3) is 0 Å². The zero-order valence-electron chi connectivity index (χ0n) is 14.5. The van der Waals surface area contributed by atoms with Crippen molar-refractivity contribution in [2.24, 2.45) is 0 Å². The number of carbonyl (C=O) groups is 2. The van der Waals surface area contributed by atoms with Gasteiger partial charge >= 0.3 is 5.97 Å². The lowest BCUT2D eigenvalue weighted by Gasteiger charge is -2.36. The molecule has 6 heteroatoms. The molecule has 2 aromatic carbocycles. The number of carboxylic acid groups (broad SMARTS) is 1. The van der Waals surface area contributed by atoms with Crippen LogP contribution in [0.3, 0.4) is 0 Å². The van der Waals surface area contributed by atoms with Gasteiger partial charge in [0.15, 0.2) is 0 Å². The lowest BCUT2D eigenvalue weighted by atomic mass is 10.1. The first kappa shape index (κ1) is 17.8. The van der Waals surface area contributed by atoms with Gasteiger partial charge in [-0.05, 0) is 24.3 Å². The molecule has 0 aromatic heterocycles. The Morgan fingerprint density at radius 2 is 1.58 bits per heavy atom. The fraction of sp³-hybridized carbons (Fsp3) is 0.300. The highest BCUT2D eigenvalue weighted by Gasteiger charge is 2.23. The van der Waals surface area contributed by atoms with E-state index in [0.717, 1.165) is 5.69 Å². The van der Waals surface area contributed by atoms with Crippen LogP contribution in [0.4, 0.5) is 5.69 Å². The Morgan fingerprint density at radius 1 is 0.923 bits per heavy atom. The van der Waals surface area contributed by atoms with Gasteiger partial charge in [-0.2, -0.15) is 0 Å². The summed E-state index contributed by atoms with van der Waals surface area (Å²) in [6.07, 6.45) is -0.0340. The lowest BCUT2D eigenvalue weighted by molar-refractivity contribution is -0.137. The molecule has 0 saturated carbocycles. The van der Waals surface area contributed by atoms with Gasteiger partial charge in [-0.15, -0.1) is 0 Å². The molecule has 0 unspecified atom stereocenters. The molecular formula is C20H22N2O4. The maximum absolute atomic E-state index is 12.5. The molecule has 6 nitrogen and oxygen atoms in total. The fourth-order valence-electron chi connectivity index (χ4n) is 3.00. The maximum Gasteiger partial charge on any atom is 0.306 e. The van der Waals surface area contributed by atoms with E-state index in [4.69, 9.17) is 9.84 Å². The summed E-state index contributed by atoms with van der Waals surface area (Å²) in [5.74, 6) is -0.150. The molecule has 1 saturated heterocycles. The first-order valence-electron chi connectivity index (χ1n) is 8.68. The zero-order valence-corrected chi connectivity index (χ0v) is 14.5. The predicted octanol–water partition coefficient (Wildman–Crippen LogP) is 2.50.